The standard InChI is InChI=1S/C11H23N/c1-5-9-6-7-10(8(2)3)11(9)12-4/h8-12H,5-7H2,1-4H3. The Balaban J connectivity index is 2.56. The molecule has 3 unspecified atom stereocenters. The molecule has 0 saturated heterocycles. The highest BCUT2D eigenvalue weighted by Gasteiger charge is 2.35. The van der Waals surface area contributed by atoms with Crippen LogP contribution in [0, 0.1) is 17.8 Å². The Morgan fingerprint density at radius 3 is 2.42 bits per heavy atom. The monoisotopic (exact) mass is 169 g/mol. The van der Waals surface area contributed by atoms with Gasteiger partial charge in [0.1, 0.15) is 0 Å². The van der Waals surface area contributed by atoms with Crippen LogP contribution in [0.5, 0.6) is 0 Å². The molecule has 0 aliphatic heterocycles. The highest BCUT2D eigenvalue weighted by Crippen LogP contribution is 2.37. The molecule has 1 N–H and O–H groups in total. The first-order valence-electron chi connectivity index (χ1n) is 5.38. The molecule has 1 aliphatic carbocycles. The maximum absolute atomic E-state index is 3.50. The van der Waals surface area contributed by atoms with E-state index in [1.807, 2.05) is 0 Å². The fourth-order valence-corrected chi connectivity index (χ4v) is 2.77. The quantitative estimate of drug-likeness (QED) is 0.685. The molecule has 0 aromatic heterocycles. The second kappa shape index (κ2) is 4.27. The zero-order chi connectivity index (χ0) is 9.14. The van der Waals surface area contributed by atoms with E-state index in [4.69, 9.17) is 0 Å². The smallest absolute Gasteiger partial charge is 0.0123 e. The van der Waals surface area contributed by atoms with Crippen LogP contribution in [0.15, 0.2) is 0 Å². The van der Waals surface area contributed by atoms with E-state index in [1.54, 1.807) is 0 Å². The van der Waals surface area contributed by atoms with E-state index in [0.29, 0.717) is 0 Å². The number of hydrogen-bond donors (Lipinski definition) is 1. The second-order valence-corrected chi connectivity index (χ2v) is 4.47. The summed E-state index contributed by atoms with van der Waals surface area (Å²) in [7, 11) is 2.12. The minimum Gasteiger partial charge on any atom is -0.316 e. The van der Waals surface area contributed by atoms with Crippen molar-refractivity contribution in [1.82, 2.24) is 5.32 Å². The lowest BCUT2D eigenvalue weighted by Gasteiger charge is -2.26. The number of rotatable bonds is 3. The van der Waals surface area contributed by atoms with Crippen molar-refractivity contribution in [2.45, 2.75) is 46.1 Å². The van der Waals surface area contributed by atoms with Crippen molar-refractivity contribution < 1.29 is 0 Å². The molecule has 0 bridgehead atoms. The van der Waals surface area contributed by atoms with E-state index in [1.165, 1.54) is 19.3 Å². The Hall–Kier alpha value is -0.0400. The van der Waals surface area contributed by atoms with Gasteiger partial charge in [-0.3, -0.25) is 0 Å². The molecule has 0 amide bonds. The molecular weight excluding hydrogens is 146 g/mol. The van der Waals surface area contributed by atoms with Crippen LogP contribution in [-0.2, 0) is 0 Å². The first kappa shape index (κ1) is 10.0. The molecule has 0 aromatic rings. The van der Waals surface area contributed by atoms with E-state index in [-0.39, 0.29) is 0 Å². The first-order valence-corrected chi connectivity index (χ1v) is 5.38. The highest BCUT2D eigenvalue weighted by molar-refractivity contribution is 4.89. The van der Waals surface area contributed by atoms with Gasteiger partial charge in [-0.1, -0.05) is 27.2 Å². The summed E-state index contributed by atoms with van der Waals surface area (Å²) in [6, 6.07) is 0.787. The topological polar surface area (TPSA) is 12.0 Å². The van der Waals surface area contributed by atoms with Gasteiger partial charge in [-0.2, -0.15) is 0 Å². The summed E-state index contributed by atoms with van der Waals surface area (Å²) < 4.78 is 0. The summed E-state index contributed by atoms with van der Waals surface area (Å²) in [5, 5.41) is 3.50. The molecule has 72 valence electrons. The third-order valence-corrected chi connectivity index (χ3v) is 3.55. The largest absolute Gasteiger partial charge is 0.316 e. The van der Waals surface area contributed by atoms with Crippen LogP contribution in [-0.4, -0.2) is 13.1 Å². The summed E-state index contributed by atoms with van der Waals surface area (Å²) in [5.41, 5.74) is 0. The van der Waals surface area contributed by atoms with Crippen LogP contribution in [0.25, 0.3) is 0 Å². The van der Waals surface area contributed by atoms with Gasteiger partial charge in [0.25, 0.3) is 0 Å². The van der Waals surface area contributed by atoms with Gasteiger partial charge in [-0.05, 0) is 37.6 Å². The second-order valence-electron chi connectivity index (χ2n) is 4.47. The summed E-state index contributed by atoms with van der Waals surface area (Å²) in [6.45, 7) is 7.03. The minimum absolute atomic E-state index is 0.787. The van der Waals surface area contributed by atoms with Crippen molar-refractivity contribution in [3.8, 4) is 0 Å². The van der Waals surface area contributed by atoms with Gasteiger partial charge in [0.15, 0.2) is 0 Å². The fraction of sp³-hybridized carbons (Fsp3) is 1.00. The molecule has 0 heterocycles. The Labute approximate surface area is 76.9 Å². The highest BCUT2D eigenvalue weighted by atomic mass is 14.9. The number of nitrogens with one attached hydrogen (secondary N) is 1. The summed E-state index contributed by atoms with van der Waals surface area (Å²) >= 11 is 0. The zero-order valence-corrected chi connectivity index (χ0v) is 8.93. The maximum Gasteiger partial charge on any atom is 0.0123 e. The van der Waals surface area contributed by atoms with Crippen LogP contribution < -0.4 is 5.32 Å². The van der Waals surface area contributed by atoms with Crippen molar-refractivity contribution in [3.05, 3.63) is 0 Å². The zero-order valence-electron chi connectivity index (χ0n) is 8.93. The predicted octanol–water partition coefficient (Wildman–Crippen LogP) is 2.67. The van der Waals surface area contributed by atoms with Gasteiger partial charge >= 0.3 is 0 Å². The van der Waals surface area contributed by atoms with Crippen molar-refractivity contribution in [2.24, 2.45) is 17.8 Å². The summed E-state index contributed by atoms with van der Waals surface area (Å²) in [4.78, 5) is 0. The van der Waals surface area contributed by atoms with Crippen molar-refractivity contribution >= 4 is 0 Å². The SMILES string of the molecule is CCC1CCC(C(C)C)C1NC. The predicted molar refractivity (Wildman–Crippen MR) is 54.2 cm³/mol. The van der Waals surface area contributed by atoms with Crippen LogP contribution in [0.3, 0.4) is 0 Å². The van der Waals surface area contributed by atoms with Gasteiger partial charge in [-0.15, -0.1) is 0 Å². The Kier molecular flexibility index (Phi) is 3.57. The molecule has 1 nitrogen and oxygen atoms in total. The molecule has 12 heavy (non-hydrogen) atoms. The summed E-state index contributed by atoms with van der Waals surface area (Å²) in [5.74, 6) is 2.70. The molecule has 1 heteroatoms. The third-order valence-electron chi connectivity index (χ3n) is 3.55. The molecule has 1 saturated carbocycles. The van der Waals surface area contributed by atoms with Gasteiger partial charge < -0.3 is 5.32 Å². The van der Waals surface area contributed by atoms with E-state index in [2.05, 4.69) is 33.1 Å². The van der Waals surface area contributed by atoms with Crippen molar-refractivity contribution in [1.29, 1.82) is 0 Å². The van der Waals surface area contributed by atoms with E-state index in [9.17, 15) is 0 Å². The van der Waals surface area contributed by atoms with Gasteiger partial charge in [0.05, 0.1) is 0 Å². The van der Waals surface area contributed by atoms with E-state index >= 15 is 0 Å². The molecule has 3 atom stereocenters. The molecule has 0 radical (unpaired) electrons. The van der Waals surface area contributed by atoms with E-state index < -0.39 is 0 Å². The average Bonchev–Trinajstić information content (AvgIpc) is 2.46. The lowest BCUT2D eigenvalue weighted by molar-refractivity contribution is 0.287. The van der Waals surface area contributed by atoms with Gasteiger partial charge in [0.2, 0.25) is 0 Å². The first-order chi connectivity index (χ1) is 5.70. The maximum atomic E-state index is 3.50. The lowest BCUT2D eigenvalue weighted by atomic mass is 9.88. The van der Waals surface area contributed by atoms with E-state index in [0.717, 1.165) is 23.8 Å². The molecule has 0 spiro atoms. The van der Waals surface area contributed by atoms with Crippen LogP contribution >= 0.6 is 0 Å². The Morgan fingerprint density at radius 2 is 2.00 bits per heavy atom. The van der Waals surface area contributed by atoms with Crippen LogP contribution in [0.4, 0.5) is 0 Å². The molecule has 1 aliphatic rings. The van der Waals surface area contributed by atoms with Crippen LogP contribution in [0.1, 0.15) is 40.0 Å². The fourth-order valence-electron chi connectivity index (χ4n) is 2.77. The summed E-state index contributed by atoms with van der Waals surface area (Å²) in [6.07, 6.45) is 4.21. The molecular formula is C11H23N. The minimum atomic E-state index is 0.787. The van der Waals surface area contributed by atoms with Crippen LogP contribution in [0.2, 0.25) is 0 Å². The van der Waals surface area contributed by atoms with Crippen molar-refractivity contribution in [3.63, 3.8) is 0 Å². The van der Waals surface area contributed by atoms with Crippen molar-refractivity contribution in [2.75, 3.05) is 7.05 Å². The third kappa shape index (κ3) is 1.82. The average molecular weight is 169 g/mol. The van der Waals surface area contributed by atoms with Gasteiger partial charge in [-0.25, -0.2) is 0 Å². The molecule has 1 rings (SSSR count). The Morgan fingerprint density at radius 1 is 1.33 bits per heavy atom. The molecule has 1 fully saturated rings. The van der Waals surface area contributed by atoms with Gasteiger partial charge in [0, 0.05) is 6.04 Å². The molecule has 0 aromatic carbocycles. The lowest BCUT2D eigenvalue weighted by Crippen LogP contribution is -2.36. The normalized spacial score (nSPS) is 36.2. The Bertz CT molecular complexity index is 131. The number of hydrogen-bond acceptors (Lipinski definition) is 1.